The molecule has 0 saturated carbocycles. The minimum Gasteiger partial charge on any atom is -0.375 e. The van der Waals surface area contributed by atoms with E-state index in [1.165, 1.54) is 28.8 Å². The van der Waals surface area contributed by atoms with Crippen molar-refractivity contribution in [1.29, 1.82) is 0 Å². The molecule has 0 aromatic heterocycles. The van der Waals surface area contributed by atoms with Crippen LogP contribution in [-0.2, 0) is 21.6 Å². The molecule has 1 fully saturated rings. The van der Waals surface area contributed by atoms with Crippen LogP contribution in [0.5, 0.6) is 0 Å². The number of benzene rings is 3. The molecule has 33 heavy (non-hydrogen) atoms. The maximum atomic E-state index is 13.4. The highest BCUT2D eigenvalue weighted by atomic mass is 16.3. The van der Waals surface area contributed by atoms with Crippen LogP contribution in [0, 0.1) is 0 Å². The Morgan fingerprint density at radius 1 is 1.03 bits per heavy atom. The summed E-state index contributed by atoms with van der Waals surface area (Å²) in [5, 5.41) is 14.0. The summed E-state index contributed by atoms with van der Waals surface area (Å²) in [5.41, 5.74) is 2.41. The average Bonchev–Trinajstić information content (AvgIpc) is 3.29. The third-order valence-electron chi connectivity index (χ3n) is 7.79. The van der Waals surface area contributed by atoms with E-state index in [4.69, 9.17) is 0 Å². The summed E-state index contributed by atoms with van der Waals surface area (Å²) in [5.74, 6) is -0.539. The van der Waals surface area contributed by atoms with Gasteiger partial charge in [0.2, 0.25) is 0 Å². The van der Waals surface area contributed by atoms with Crippen LogP contribution in [0.25, 0.3) is 10.8 Å². The Morgan fingerprint density at radius 3 is 2.52 bits per heavy atom. The standard InChI is InChI=1S/C28H28N2O3/c1-18(31)17-28(33)23-10-2-3-11-24(23)30(27(28)32)21-12-14-29(15-13-21)25-16-20-8-4-6-19-7-5-9-22(25)26(19)20/h2-11,21,25,33H,12-17H2,1H3. The fourth-order valence-corrected chi connectivity index (χ4v) is 6.35. The Bertz CT molecular complexity index is 1270. The number of rotatable bonds is 4. The predicted molar refractivity (Wildman–Crippen MR) is 128 cm³/mol. The first-order valence-corrected chi connectivity index (χ1v) is 11.9. The van der Waals surface area contributed by atoms with Crippen molar-refractivity contribution in [2.45, 2.75) is 50.3 Å². The molecule has 2 unspecified atom stereocenters. The molecule has 0 spiro atoms. The molecule has 3 aromatic rings. The van der Waals surface area contributed by atoms with Crippen molar-refractivity contribution in [3.05, 3.63) is 77.4 Å². The second kappa shape index (κ2) is 7.51. The van der Waals surface area contributed by atoms with E-state index < -0.39 is 5.60 Å². The molecular formula is C28H28N2O3. The quantitative estimate of drug-likeness (QED) is 0.663. The van der Waals surface area contributed by atoms with Gasteiger partial charge in [0.1, 0.15) is 5.78 Å². The lowest BCUT2D eigenvalue weighted by molar-refractivity contribution is -0.141. The Morgan fingerprint density at radius 2 is 1.76 bits per heavy atom. The van der Waals surface area contributed by atoms with E-state index in [0.29, 0.717) is 11.6 Å². The normalized spacial score (nSPS) is 25.1. The second-order valence-electron chi connectivity index (χ2n) is 9.78. The van der Waals surface area contributed by atoms with Gasteiger partial charge in [-0.15, -0.1) is 0 Å². The molecule has 2 aliphatic heterocycles. The number of hydrogen-bond donors (Lipinski definition) is 1. The predicted octanol–water partition coefficient (Wildman–Crippen LogP) is 4.11. The van der Waals surface area contributed by atoms with Crippen molar-refractivity contribution < 1.29 is 14.7 Å². The molecule has 5 heteroatoms. The summed E-state index contributed by atoms with van der Waals surface area (Å²) in [4.78, 5) is 29.6. The highest BCUT2D eigenvalue weighted by Crippen LogP contribution is 2.46. The zero-order chi connectivity index (χ0) is 22.7. The van der Waals surface area contributed by atoms with Crippen LogP contribution in [0.2, 0.25) is 0 Å². The molecule has 5 nitrogen and oxygen atoms in total. The first kappa shape index (κ1) is 20.6. The molecule has 1 amide bonds. The number of anilines is 1. The van der Waals surface area contributed by atoms with Crippen molar-refractivity contribution >= 4 is 28.2 Å². The van der Waals surface area contributed by atoms with E-state index in [1.54, 1.807) is 11.0 Å². The Balaban J connectivity index is 1.24. The zero-order valence-corrected chi connectivity index (χ0v) is 18.8. The van der Waals surface area contributed by atoms with Crippen molar-refractivity contribution in [3.8, 4) is 0 Å². The number of carbonyl (C=O) groups excluding carboxylic acids is 2. The summed E-state index contributed by atoms with van der Waals surface area (Å²) >= 11 is 0. The molecule has 0 bridgehead atoms. The van der Waals surface area contributed by atoms with E-state index in [1.807, 2.05) is 18.2 Å². The molecular weight excluding hydrogens is 412 g/mol. The largest absolute Gasteiger partial charge is 0.375 e. The topological polar surface area (TPSA) is 60.9 Å². The molecule has 3 aromatic carbocycles. The van der Waals surface area contributed by atoms with E-state index in [2.05, 4.69) is 41.3 Å². The number of piperidine rings is 1. The molecule has 2 heterocycles. The lowest BCUT2D eigenvalue weighted by Crippen LogP contribution is -2.50. The van der Waals surface area contributed by atoms with Crippen molar-refractivity contribution in [2.24, 2.45) is 0 Å². The summed E-state index contributed by atoms with van der Waals surface area (Å²) < 4.78 is 0. The third-order valence-corrected chi connectivity index (χ3v) is 7.79. The summed E-state index contributed by atoms with van der Waals surface area (Å²) in [7, 11) is 0. The number of likely N-dealkylation sites (tertiary alicyclic amines) is 1. The van der Waals surface area contributed by atoms with Gasteiger partial charge in [0.05, 0.1) is 5.69 Å². The van der Waals surface area contributed by atoms with Crippen LogP contribution in [0.1, 0.15) is 48.9 Å². The number of hydrogen-bond acceptors (Lipinski definition) is 4. The first-order chi connectivity index (χ1) is 16.0. The smallest absolute Gasteiger partial charge is 0.264 e. The lowest BCUT2D eigenvalue weighted by atomic mass is 9.90. The number of ketones is 1. The van der Waals surface area contributed by atoms with Gasteiger partial charge < -0.3 is 10.0 Å². The molecule has 168 valence electrons. The van der Waals surface area contributed by atoms with Gasteiger partial charge in [0, 0.05) is 37.2 Å². The van der Waals surface area contributed by atoms with Gasteiger partial charge >= 0.3 is 0 Å². The summed E-state index contributed by atoms with van der Waals surface area (Å²) in [6, 6.07) is 21.0. The zero-order valence-electron chi connectivity index (χ0n) is 18.8. The van der Waals surface area contributed by atoms with Crippen LogP contribution < -0.4 is 4.90 Å². The van der Waals surface area contributed by atoms with Gasteiger partial charge in [-0.1, -0.05) is 54.6 Å². The Kier molecular flexibility index (Phi) is 4.68. The maximum Gasteiger partial charge on any atom is 0.264 e. The van der Waals surface area contributed by atoms with Gasteiger partial charge in [0.25, 0.3) is 5.91 Å². The first-order valence-electron chi connectivity index (χ1n) is 11.9. The fraction of sp³-hybridized carbons (Fsp3) is 0.357. The summed E-state index contributed by atoms with van der Waals surface area (Å²) in [6.07, 6.45) is 2.55. The monoisotopic (exact) mass is 440 g/mol. The van der Waals surface area contributed by atoms with Crippen LogP contribution in [0.15, 0.2) is 60.7 Å². The third kappa shape index (κ3) is 3.06. The highest BCUT2D eigenvalue weighted by Gasteiger charge is 2.52. The number of amides is 1. The number of Topliss-reactive ketones (excluding diaryl/α,β-unsaturated/α-hetero) is 1. The summed E-state index contributed by atoms with van der Waals surface area (Å²) in [6.45, 7) is 3.22. The average molecular weight is 441 g/mol. The molecule has 3 aliphatic rings. The van der Waals surface area contributed by atoms with Crippen molar-refractivity contribution in [2.75, 3.05) is 18.0 Å². The highest BCUT2D eigenvalue weighted by molar-refractivity contribution is 6.09. The van der Waals surface area contributed by atoms with Gasteiger partial charge in [-0.2, -0.15) is 0 Å². The number of para-hydroxylation sites is 1. The van der Waals surface area contributed by atoms with Crippen LogP contribution in [0.3, 0.4) is 0 Å². The van der Waals surface area contributed by atoms with Crippen LogP contribution in [0.4, 0.5) is 5.69 Å². The second-order valence-corrected chi connectivity index (χ2v) is 9.78. The lowest BCUT2D eigenvalue weighted by Gasteiger charge is -2.40. The molecule has 1 aliphatic carbocycles. The SMILES string of the molecule is CC(=O)CC1(O)C(=O)N(C2CCN(C3Cc4cccc5cccc3c45)CC2)c2ccccc21. The molecule has 0 radical (unpaired) electrons. The van der Waals surface area contributed by atoms with E-state index >= 15 is 0 Å². The van der Waals surface area contributed by atoms with Crippen molar-refractivity contribution in [1.82, 2.24) is 4.90 Å². The van der Waals surface area contributed by atoms with Crippen LogP contribution >= 0.6 is 0 Å². The van der Waals surface area contributed by atoms with Gasteiger partial charge in [0.15, 0.2) is 5.60 Å². The minimum absolute atomic E-state index is 0.0236. The van der Waals surface area contributed by atoms with E-state index in [-0.39, 0.29) is 24.2 Å². The molecule has 1 N–H and O–H groups in total. The van der Waals surface area contributed by atoms with Gasteiger partial charge in [-0.05, 0) is 54.2 Å². The number of fused-ring (bicyclic) bond motifs is 1. The molecule has 2 atom stereocenters. The number of carbonyl (C=O) groups is 2. The fourth-order valence-electron chi connectivity index (χ4n) is 6.35. The molecule has 6 rings (SSSR count). The van der Waals surface area contributed by atoms with E-state index in [9.17, 15) is 14.7 Å². The Hall–Kier alpha value is -3.02. The van der Waals surface area contributed by atoms with Crippen LogP contribution in [-0.4, -0.2) is 40.8 Å². The Labute approximate surface area is 193 Å². The minimum atomic E-state index is -1.75. The maximum absolute atomic E-state index is 13.4. The van der Waals surface area contributed by atoms with Gasteiger partial charge in [-0.3, -0.25) is 14.5 Å². The number of nitrogens with zero attached hydrogens (tertiary/aromatic N) is 2. The van der Waals surface area contributed by atoms with E-state index in [0.717, 1.165) is 38.0 Å². The number of aliphatic hydroxyl groups is 1. The molecule has 1 saturated heterocycles. The van der Waals surface area contributed by atoms with Crippen molar-refractivity contribution in [3.63, 3.8) is 0 Å². The van der Waals surface area contributed by atoms with Gasteiger partial charge in [-0.25, -0.2) is 0 Å².